The van der Waals surface area contributed by atoms with Gasteiger partial charge >= 0.3 is 6.18 Å². The molecular weight excluding hydrogens is 443 g/mol. The molecule has 4 nitrogen and oxygen atoms in total. The van der Waals surface area contributed by atoms with Crippen molar-refractivity contribution in [1.82, 2.24) is 0 Å². The molecule has 3 aromatic rings. The van der Waals surface area contributed by atoms with Crippen molar-refractivity contribution in [2.45, 2.75) is 32.5 Å². The predicted molar refractivity (Wildman–Crippen MR) is 127 cm³/mol. The van der Waals surface area contributed by atoms with Crippen LogP contribution in [0.2, 0.25) is 0 Å². The normalized spacial score (nSPS) is 17.1. The summed E-state index contributed by atoms with van der Waals surface area (Å²) in [6.07, 6.45) is -0.840. The minimum Gasteiger partial charge on any atom is -0.504 e. The number of benzene rings is 3. The number of allylic oxidation sites excluding steroid dienone is 1. The van der Waals surface area contributed by atoms with Gasteiger partial charge in [0, 0.05) is 22.4 Å². The fourth-order valence-electron chi connectivity index (χ4n) is 4.71. The topological polar surface area (TPSA) is 61.7 Å². The van der Waals surface area contributed by atoms with Crippen LogP contribution >= 0.6 is 0 Å². The van der Waals surface area contributed by atoms with Crippen LogP contribution in [0, 0.1) is 0 Å². The minimum atomic E-state index is -4.47. The van der Waals surface area contributed by atoms with Crippen LogP contribution in [0.15, 0.2) is 54.6 Å². The third-order valence-corrected chi connectivity index (χ3v) is 6.00. The first-order chi connectivity index (χ1) is 15.9. The van der Waals surface area contributed by atoms with E-state index in [0.29, 0.717) is 33.8 Å². The first kappa shape index (κ1) is 21.9. The van der Waals surface area contributed by atoms with Crippen molar-refractivity contribution in [2.75, 3.05) is 5.32 Å². The lowest BCUT2D eigenvalue weighted by Crippen LogP contribution is -2.32. The summed E-state index contributed by atoms with van der Waals surface area (Å²) in [4.78, 5) is 0. The quantitative estimate of drug-likeness (QED) is 0.331. The molecule has 0 unspecified atom stereocenters. The summed E-state index contributed by atoms with van der Waals surface area (Å²) < 4.78 is 46.0. The van der Waals surface area contributed by atoms with E-state index in [4.69, 9.17) is 4.74 Å². The van der Waals surface area contributed by atoms with Gasteiger partial charge < -0.3 is 20.3 Å². The Hall–Kier alpha value is -3.87. The molecule has 0 amide bonds. The Morgan fingerprint density at radius 2 is 1.74 bits per heavy atom. The SMILES string of the molecule is CC1=CC(C)(C)Nc2ccc3c(c21)/C(=C/c1cccc(C(F)(F)F)c1)Oc1ccc(O)c(O)c1-3. The van der Waals surface area contributed by atoms with Crippen molar-refractivity contribution in [2.24, 2.45) is 0 Å². The van der Waals surface area contributed by atoms with Crippen molar-refractivity contribution in [1.29, 1.82) is 0 Å². The number of hydrogen-bond donors (Lipinski definition) is 3. The predicted octanol–water partition coefficient (Wildman–Crippen LogP) is 7.28. The number of halogens is 3. The lowest BCUT2D eigenvalue weighted by atomic mass is 9.83. The smallest absolute Gasteiger partial charge is 0.416 e. The van der Waals surface area contributed by atoms with Crippen LogP contribution in [0.5, 0.6) is 17.2 Å². The zero-order valence-corrected chi connectivity index (χ0v) is 18.7. The van der Waals surface area contributed by atoms with Gasteiger partial charge in [-0.3, -0.25) is 0 Å². The van der Waals surface area contributed by atoms with E-state index < -0.39 is 11.7 Å². The monoisotopic (exact) mass is 465 g/mol. The molecule has 0 atom stereocenters. The second-order valence-electron chi connectivity index (χ2n) is 9.13. The number of aromatic hydroxyl groups is 2. The van der Waals surface area contributed by atoms with Gasteiger partial charge in [0.1, 0.15) is 11.5 Å². The molecule has 0 bridgehead atoms. The van der Waals surface area contributed by atoms with E-state index in [1.807, 2.05) is 32.9 Å². The summed E-state index contributed by atoms with van der Waals surface area (Å²) >= 11 is 0. The molecule has 0 fully saturated rings. The number of rotatable bonds is 1. The lowest BCUT2D eigenvalue weighted by Gasteiger charge is -2.35. The average Bonchev–Trinajstić information content (AvgIpc) is 2.74. The first-order valence-electron chi connectivity index (χ1n) is 10.7. The van der Waals surface area contributed by atoms with E-state index >= 15 is 0 Å². The van der Waals surface area contributed by atoms with Crippen molar-refractivity contribution >= 4 is 23.1 Å². The standard InChI is InChI=1S/C27H22F3NO3/c1-14-13-26(2,3)31-18-8-7-17-23(22(14)18)21(34-20-10-9-19(32)25(33)24(17)20)12-15-5-4-6-16(11-15)27(28,29)30/h4-13,31-33H,1-3H3/b21-12-. The maximum absolute atomic E-state index is 13.3. The molecule has 3 aromatic carbocycles. The molecule has 2 aliphatic rings. The minimum absolute atomic E-state index is 0.289. The Morgan fingerprint density at radius 3 is 2.47 bits per heavy atom. The van der Waals surface area contributed by atoms with Crippen molar-refractivity contribution in [3.05, 3.63) is 76.9 Å². The number of phenolic OH excluding ortho intramolecular Hbond substituents is 2. The fourth-order valence-corrected chi connectivity index (χ4v) is 4.71. The Kier molecular flexibility index (Phi) is 4.72. The Labute approximate surface area is 194 Å². The molecule has 174 valence electrons. The van der Waals surface area contributed by atoms with Crippen LogP contribution in [-0.4, -0.2) is 15.8 Å². The number of anilines is 1. The highest BCUT2D eigenvalue weighted by molar-refractivity contribution is 6.02. The lowest BCUT2D eigenvalue weighted by molar-refractivity contribution is -0.137. The maximum atomic E-state index is 13.3. The van der Waals surface area contributed by atoms with Gasteiger partial charge in [0.2, 0.25) is 0 Å². The van der Waals surface area contributed by atoms with Crippen LogP contribution < -0.4 is 10.1 Å². The summed E-state index contributed by atoms with van der Waals surface area (Å²) in [5.74, 6) is 0.0372. The molecule has 3 N–H and O–H groups in total. The molecule has 0 aliphatic carbocycles. The Morgan fingerprint density at radius 1 is 0.971 bits per heavy atom. The number of ether oxygens (including phenoxy) is 1. The summed E-state index contributed by atoms with van der Waals surface area (Å²) in [7, 11) is 0. The van der Waals surface area contributed by atoms with Crippen LogP contribution in [0.1, 0.15) is 43.0 Å². The largest absolute Gasteiger partial charge is 0.504 e. The van der Waals surface area contributed by atoms with Crippen LogP contribution in [0.3, 0.4) is 0 Å². The molecule has 0 radical (unpaired) electrons. The molecule has 0 saturated carbocycles. The number of alkyl halides is 3. The van der Waals surface area contributed by atoms with Gasteiger partial charge in [0.05, 0.1) is 16.7 Å². The second kappa shape index (κ2) is 7.32. The van der Waals surface area contributed by atoms with Gasteiger partial charge in [0.25, 0.3) is 0 Å². The maximum Gasteiger partial charge on any atom is 0.416 e. The van der Waals surface area contributed by atoms with Gasteiger partial charge in [-0.2, -0.15) is 13.2 Å². The summed E-state index contributed by atoms with van der Waals surface area (Å²) in [5.41, 5.74) is 3.45. The molecular formula is C27H22F3NO3. The third kappa shape index (κ3) is 3.57. The molecule has 2 aliphatic heterocycles. The van der Waals surface area contributed by atoms with E-state index in [2.05, 4.69) is 11.4 Å². The Bertz CT molecular complexity index is 1400. The number of phenols is 2. The Balaban J connectivity index is 1.79. The van der Waals surface area contributed by atoms with E-state index in [1.54, 1.807) is 12.1 Å². The van der Waals surface area contributed by atoms with E-state index in [-0.39, 0.29) is 17.0 Å². The fraction of sp³-hybridized carbons (Fsp3) is 0.185. The summed E-state index contributed by atoms with van der Waals surface area (Å²) in [6, 6.07) is 11.6. The third-order valence-electron chi connectivity index (χ3n) is 6.00. The molecule has 2 heterocycles. The van der Waals surface area contributed by atoms with Crippen LogP contribution in [0.25, 0.3) is 28.5 Å². The van der Waals surface area contributed by atoms with E-state index in [1.165, 1.54) is 18.2 Å². The van der Waals surface area contributed by atoms with Crippen molar-refractivity contribution in [3.8, 4) is 28.4 Å². The zero-order valence-electron chi connectivity index (χ0n) is 18.7. The molecule has 0 aromatic heterocycles. The van der Waals surface area contributed by atoms with E-state index in [0.717, 1.165) is 29.0 Å². The van der Waals surface area contributed by atoms with Crippen LogP contribution in [-0.2, 0) is 6.18 Å². The zero-order chi connectivity index (χ0) is 24.4. The number of hydrogen-bond acceptors (Lipinski definition) is 4. The first-order valence-corrected chi connectivity index (χ1v) is 10.7. The molecule has 5 rings (SSSR count). The van der Waals surface area contributed by atoms with Crippen LogP contribution in [0.4, 0.5) is 18.9 Å². The average molecular weight is 465 g/mol. The van der Waals surface area contributed by atoms with Gasteiger partial charge in [-0.05, 0) is 68.3 Å². The molecule has 0 saturated heterocycles. The van der Waals surface area contributed by atoms with E-state index in [9.17, 15) is 23.4 Å². The molecule has 34 heavy (non-hydrogen) atoms. The molecule has 0 spiro atoms. The molecule has 7 heteroatoms. The van der Waals surface area contributed by atoms with Gasteiger partial charge in [-0.1, -0.05) is 24.3 Å². The van der Waals surface area contributed by atoms with Crippen molar-refractivity contribution in [3.63, 3.8) is 0 Å². The number of fused-ring (bicyclic) bond motifs is 5. The van der Waals surface area contributed by atoms with Gasteiger partial charge in [-0.15, -0.1) is 0 Å². The summed E-state index contributed by atoms with van der Waals surface area (Å²) in [6.45, 7) is 6.03. The van der Waals surface area contributed by atoms with Gasteiger partial charge in [0.15, 0.2) is 11.5 Å². The van der Waals surface area contributed by atoms with Gasteiger partial charge in [-0.25, -0.2) is 0 Å². The highest BCUT2D eigenvalue weighted by Crippen LogP contribution is 2.53. The highest BCUT2D eigenvalue weighted by Gasteiger charge is 2.34. The summed E-state index contributed by atoms with van der Waals surface area (Å²) in [5, 5.41) is 24.2. The second-order valence-corrected chi connectivity index (χ2v) is 9.13. The highest BCUT2D eigenvalue weighted by atomic mass is 19.4. The van der Waals surface area contributed by atoms with Crippen molar-refractivity contribution < 1.29 is 28.1 Å². The number of nitrogens with one attached hydrogen (secondary N) is 1.